The van der Waals surface area contributed by atoms with Crippen molar-refractivity contribution in [1.82, 2.24) is 19.6 Å². The molecule has 0 N–H and O–H groups in total. The SMILES string of the molecule is CC(C)CCc1ccn(CCC(C)C)n1.CC(C)c1ccn(C(C)C)n1. The molecule has 2 aromatic rings. The standard InChI is InChI=1S/C13H24N2.C9H16N2/c1-11(2)5-6-13-8-10-15(14-13)9-7-12(3)4;1-7(2)9-5-6-11(10-9)8(3)4/h8,10-12H,5-7,9H2,1-4H3;5-8H,1-4H3. The van der Waals surface area contributed by atoms with Crippen molar-refractivity contribution in [2.24, 2.45) is 11.8 Å². The van der Waals surface area contributed by atoms with E-state index in [0.717, 1.165) is 24.8 Å². The molecule has 148 valence electrons. The number of aryl methyl sites for hydroxylation is 2. The van der Waals surface area contributed by atoms with Crippen LogP contribution in [0.25, 0.3) is 0 Å². The second-order valence-corrected chi connectivity index (χ2v) is 8.65. The van der Waals surface area contributed by atoms with Crippen molar-refractivity contribution in [3.63, 3.8) is 0 Å². The lowest BCUT2D eigenvalue weighted by Gasteiger charge is -2.04. The number of nitrogens with zero attached hydrogens (tertiary/aromatic N) is 4. The highest BCUT2D eigenvalue weighted by molar-refractivity contribution is 5.04. The third-order valence-electron chi connectivity index (χ3n) is 4.36. The molecule has 0 unspecified atom stereocenters. The molecule has 2 rings (SSSR count). The molecule has 2 aromatic heterocycles. The minimum atomic E-state index is 0.475. The first-order chi connectivity index (χ1) is 12.2. The number of aromatic nitrogens is 4. The molecule has 4 heteroatoms. The van der Waals surface area contributed by atoms with Gasteiger partial charge in [0.05, 0.1) is 11.4 Å². The van der Waals surface area contributed by atoms with Gasteiger partial charge >= 0.3 is 0 Å². The summed E-state index contributed by atoms with van der Waals surface area (Å²) >= 11 is 0. The number of hydrogen-bond donors (Lipinski definition) is 0. The Hall–Kier alpha value is -1.58. The van der Waals surface area contributed by atoms with Crippen LogP contribution in [0, 0.1) is 11.8 Å². The molecule has 0 aromatic carbocycles. The third-order valence-corrected chi connectivity index (χ3v) is 4.36. The molecule has 0 spiro atoms. The quantitative estimate of drug-likeness (QED) is 0.569. The first-order valence-corrected chi connectivity index (χ1v) is 10.3. The first-order valence-electron chi connectivity index (χ1n) is 10.3. The van der Waals surface area contributed by atoms with Crippen molar-refractivity contribution in [3.8, 4) is 0 Å². The predicted octanol–water partition coefficient (Wildman–Crippen LogP) is 6.11. The highest BCUT2D eigenvalue weighted by Crippen LogP contribution is 2.12. The molecule has 0 fully saturated rings. The summed E-state index contributed by atoms with van der Waals surface area (Å²) in [6, 6.07) is 4.72. The van der Waals surface area contributed by atoms with Gasteiger partial charge in [-0.3, -0.25) is 9.36 Å². The van der Waals surface area contributed by atoms with Gasteiger partial charge < -0.3 is 0 Å². The summed E-state index contributed by atoms with van der Waals surface area (Å²) in [5, 5.41) is 9.00. The lowest BCUT2D eigenvalue weighted by Crippen LogP contribution is -2.03. The smallest absolute Gasteiger partial charge is 0.0650 e. The van der Waals surface area contributed by atoms with E-state index < -0.39 is 0 Å². The molecule has 0 aliphatic rings. The van der Waals surface area contributed by atoms with E-state index in [1.165, 1.54) is 24.2 Å². The minimum absolute atomic E-state index is 0.475. The highest BCUT2D eigenvalue weighted by atomic mass is 15.3. The van der Waals surface area contributed by atoms with Crippen LogP contribution in [0.3, 0.4) is 0 Å². The molecule has 2 heterocycles. The lowest BCUT2D eigenvalue weighted by atomic mass is 10.1. The van der Waals surface area contributed by atoms with Crippen LogP contribution in [0.1, 0.15) is 91.6 Å². The molecule has 0 aliphatic heterocycles. The van der Waals surface area contributed by atoms with E-state index in [1.54, 1.807) is 0 Å². The molecule has 0 bridgehead atoms. The Morgan fingerprint density at radius 2 is 1.46 bits per heavy atom. The van der Waals surface area contributed by atoms with Gasteiger partial charge in [-0.2, -0.15) is 10.2 Å². The Bertz CT molecular complexity index is 556. The fourth-order valence-electron chi connectivity index (χ4n) is 2.44. The molecule has 0 atom stereocenters. The zero-order valence-corrected chi connectivity index (χ0v) is 18.2. The second kappa shape index (κ2) is 11.2. The molecule has 0 amide bonds. The van der Waals surface area contributed by atoms with E-state index in [2.05, 4.69) is 88.6 Å². The Morgan fingerprint density at radius 3 is 1.92 bits per heavy atom. The van der Waals surface area contributed by atoms with E-state index in [-0.39, 0.29) is 0 Å². The maximum atomic E-state index is 4.57. The van der Waals surface area contributed by atoms with Crippen LogP contribution in [0.5, 0.6) is 0 Å². The van der Waals surface area contributed by atoms with Crippen molar-refractivity contribution in [3.05, 3.63) is 35.9 Å². The summed E-state index contributed by atoms with van der Waals surface area (Å²) in [5.41, 5.74) is 2.42. The summed E-state index contributed by atoms with van der Waals surface area (Å²) in [5.74, 6) is 2.06. The van der Waals surface area contributed by atoms with Crippen LogP contribution in [-0.4, -0.2) is 19.6 Å². The molecule has 0 aliphatic carbocycles. The van der Waals surface area contributed by atoms with Gasteiger partial charge in [-0.05, 0) is 63.0 Å². The second-order valence-electron chi connectivity index (χ2n) is 8.65. The van der Waals surface area contributed by atoms with Crippen LogP contribution in [0.4, 0.5) is 0 Å². The van der Waals surface area contributed by atoms with Crippen molar-refractivity contribution >= 4 is 0 Å². The van der Waals surface area contributed by atoms with Gasteiger partial charge in [0, 0.05) is 25.0 Å². The maximum Gasteiger partial charge on any atom is 0.0650 e. The first kappa shape index (κ1) is 22.5. The predicted molar refractivity (Wildman–Crippen MR) is 112 cm³/mol. The largest absolute Gasteiger partial charge is 0.272 e. The van der Waals surface area contributed by atoms with Gasteiger partial charge in [0.2, 0.25) is 0 Å². The molecule has 0 saturated carbocycles. The van der Waals surface area contributed by atoms with Gasteiger partial charge in [-0.15, -0.1) is 0 Å². The lowest BCUT2D eigenvalue weighted by molar-refractivity contribution is 0.482. The molecule has 0 saturated heterocycles. The monoisotopic (exact) mass is 360 g/mol. The van der Waals surface area contributed by atoms with Crippen LogP contribution < -0.4 is 0 Å². The van der Waals surface area contributed by atoms with E-state index in [4.69, 9.17) is 0 Å². The fraction of sp³-hybridized carbons (Fsp3) is 0.727. The van der Waals surface area contributed by atoms with Gasteiger partial charge in [0.1, 0.15) is 0 Å². The topological polar surface area (TPSA) is 35.6 Å². The van der Waals surface area contributed by atoms with Crippen LogP contribution >= 0.6 is 0 Å². The van der Waals surface area contributed by atoms with Gasteiger partial charge in [0.25, 0.3) is 0 Å². The average Bonchev–Trinajstić information content (AvgIpc) is 3.21. The Kier molecular flexibility index (Phi) is 9.68. The molecular weight excluding hydrogens is 320 g/mol. The Labute approximate surface area is 161 Å². The van der Waals surface area contributed by atoms with Crippen molar-refractivity contribution in [1.29, 1.82) is 0 Å². The molecule has 4 nitrogen and oxygen atoms in total. The summed E-state index contributed by atoms with van der Waals surface area (Å²) in [6.45, 7) is 18.7. The molecular formula is C22H40N4. The van der Waals surface area contributed by atoms with E-state index >= 15 is 0 Å². The fourth-order valence-corrected chi connectivity index (χ4v) is 2.44. The van der Waals surface area contributed by atoms with Gasteiger partial charge in [-0.1, -0.05) is 41.5 Å². The van der Waals surface area contributed by atoms with Crippen molar-refractivity contribution in [2.75, 3.05) is 0 Å². The Balaban J connectivity index is 0.000000273. The number of hydrogen-bond acceptors (Lipinski definition) is 2. The summed E-state index contributed by atoms with van der Waals surface area (Å²) in [6.07, 6.45) is 7.72. The summed E-state index contributed by atoms with van der Waals surface area (Å²) in [7, 11) is 0. The van der Waals surface area contributed by atoms with Crippen molar-refractivity contribution < 1.29 is 0 Å². The maximum absolute atomic E-state index is 4.57. The summed E-state index contributed by atoms with van der Waals surface area (Å²) < 4.78 is 4.07. The zero-order chi connectivity index (χ0) is 19.7. The molecule has 0 radical (unpaired) electrons. The van der Waals surface area contributed by atoms with Crippen LogP contribution in [0.2, 0.25) is 0 Å². The molecule has 26 heavy (non-hydrogen) atoms. The van der Waals surface area contributed by atoms with Crippen LogP contribution in [-0.2, 0) is 13.0 Å². The summed E-state index contributed by atoms with van der Waals surface area (Å²) in [4.78, 5) is 0. The number of rotatable bonds is 8. The normalized spacial score (nSPS) is 11.5. The van der Waals surface area contributed by atoms with Crippen LogP contribution in [0.15, 0.2) is 24.5 Å². The zero-order valence-electron chi connectivity index (χ0n) is 18.2. The average molecular weight is 361 g/mol. The highest BCUT2D eigenvalue weighted by Gasteiger charge is 2.04. The minimum Gasteiger partial charge on any atom is -0.272 e. The van der Waals surface area contributed by atoms with Crippen molar-refractivity contribution in [2.45, 2.75) is 93.2 Å². The third kappa shape index (κ3) is 8.68. The Morgan fingerprint density at radius 1 is 0.808 bits per heavy atom. The van der Waals surface area contributed by atoms with E-state index in [1.807, 2.05) is 10.9 Å². The van der Waals surface area contributed by atoms with E-state index in [0.29, 0.717) is 12.0 Å². The van der Waals surface area contributed by atoms with Gasteiger partial charge in [0.15, 0.2) is 0 Å². The van der Waals surface area contributed by atoms with E-state index in [9.17, 15) is 0 Å². The van der Waals surface area contributed by atoms with Gasteiger partial charge in [-0.25, -0.2) is 0 Å².